The van der Waals surface area contributed by atoms with Gasteiger partial charge in [-0.1, -0.05) is 54.2 Å². The van der Waals surface area contributed by atoms with Gasteiger partial charge in [0.2, 0.25) is 0 Å². The minimum absolute atomic E-state index is 0.0794. The molecule has 0 saturated heterocycles. The molecule has 5 aromatic rings. The molecule has 0 fully saturated rings. The number of imidazole rings is 1. The van der Waals surface area contributed by atoms with Gasteiger partial charge in [-0.3, -0.25) is 18.8 Å². The number of nitrogens with zero attached hydrogens (tertiary/aromatic N) is 7. The van der Waals surface area contributed by atoms with E-state index >= 15 is 0 Å². The monoisotopic (exact) mass is 625 g/mol. The van der Waals surface area contributed by atoms with E-state index in [9.17, 15) is 19.7 Å². The summed E-state index contributed by atoms with van der Waals surface area (Å²) in [4.78, 5) is 44.8. The Bertz CT molecular complexity index is 2040. The van der Waals surface area contributed by atoms with Crippen LogP contribution in [0.25, 0.3) is 33.0 Å². The Morgan fingerprint density at radius 3 is 2.11 bits per heavy atom. The molecule has 0 N–H and O–H groups in total. The molecule has 12 nitrogen and oxygen atoms in total. The van der Waals surface area contributed by atoms with Gasteiger partial charge in [-0.15, -0.1) is 0 Å². The third-order valence-corrected chi connectivity index (χ3v) is 8.84. The number of para-hydroxylation sites is 2. The zero-order chi connectivity index (χ0) is 31.4. The molecule has 13 heteroatoms. The van der Waals surface area contributed by atoms with Crippen molar-refractivity contribution in [1.82, 2.24) is 27.9 Å². The predicted molar refractivity (Wildman–Crippen MR) is 172 cm³/mol. The number of aryl methyl sites for hydroxylation is 1. The summed E-state index contributed by atoms with van der Waals surface area (Å²) in [6.45, 7) is 2.11. The maximum Gasteiger partial charge on any atom is 0.434 e. The second-order valence-corrected chi connectivity index (χ2v) is 12.1. The van der Waals surface area contributed by atoms with Crippen LogP contribution in [0.3, 0.4) is 0 Å². The van der Waals surface area contributed by atoms with Crippen molar-refractivity contribution in [3.05, 3.63) is 94.1 Å². The van der Waals surface area contributed by atoms with E-state index in [1.165, 1.54) is 22.7 Å². The predicted octanol–water partition coefficient (Wildman–Crippen LogP) is 4.28. The standard InChI is InChI=1S/C32H31N7O5S/c1-34(45)17-21-11-12-36-18-24(22-7-3-5-9-26(22)36)28-29(25-19-37(13-14-44-21)27-10-6-4-8-23(25)27)31(41)38(30(28)40)16-20-15-33-32(35(20)2)39(42)43/h3-10,15,18-19,21,45H,11-14,16-17H2,1-2H3. The molecule has 0 saturated carbocycles. The van der Waals surface area contributed by atoms with E-state index in [2.05, 4.69) is 26.9 Å². The summed E-state index contributed by atoms with van der Waals surface area (Å²) in [6, 6.07) is 15.7. The first-order valence-electron chi connectivity index (χ1n) is 14.7. The number of ether oxygens (including phenoxy) is 1. The van der Waals surface area contributed by atoms with Crippen LogP contribution in [-0.4, -0.2) is 70.9 Å². The van der Waals surface area contributed by atoms with E-state index in [1.807, 2.05) is 72.3 Å². The first-order chi connectivity index (χ1) is 21.7. The van der Waals surface area contributed by atoms with Crippen molar-refractivity contribution in [2.24, 2.45) is 7.05 Å². The molecule has 2 aliphatic rings. The topological polar surface area (TPSA) is 121 Å². The molecule has 0 spiro atoms. The lowest BCUT2D eigenvalue weighted by Gasteiger charge is -2.22. The summed E-state index contributed by atoms with van der Waals surface area (Å²) >= 11 is 4.48. The first kappa shape index (κ1) is 29.0. The van der Waals surface area contributed by atoms with Crippen molar-refractivity contribution in [3.63, 3.8) is 0 Å². The van der Waals surface area contributed by atoms with Crippen molar-refractivity contribution >= 4 is 63.5 Å². The molecular formula is C32H31N7O5S. The van der Waals surface area contributed by atoms with E-state index in [4.69, 9.17) is 4.74 Å². The van der Waals surface area contributed by atoms with Crippen molar-refractivity contribution in [3.8, 4) is 0 Å². The van der Waals surface area contributed by atoms with Gasteiger partial charge in [0.05, 0.1) is 37.4 Å². The number of thiol groups is 1. The third kappa shape index (κ3) is 4.93. The van der Waals surface area contributed by atoms with Crippen LogP contribution >= 0.6 is 12.8 Å². The lowest BCUT2D eigenvalue weighted by molar-refractivity contribution is -0.396. The molecular weight excluding hydrogens is 594 g/mol. The third-order valence-electron chi connectivity index (χ3n) is 8.67. The van der Waals surface area contributed by atoms with E-state index in [0.717, 1.165) is 21.8 Å². The minimum Gasteiger partial charge on any atom is -0.390 e. The van der Waals surface area contributed by atoms with Crippen molar-refractivity contribution < 1.29 is 19.2 Å². The number of hydrogen-bond acceptors (Lipinski definition) is 8. The van der Waals surface area contributed by atoms with E-state index in [1.54, 1.807) is 0 Å². The molecule has 4 bridgehead atoms. The Kier molecular flexibility index (Phi) is 7.30. The summed E-state index contributed by atoms with van der Waals surface area (Å²) in [5, 5.41) is 13.2. The van der Waals surface area contributed by atoms with Crippen LogP contribution in [0.5, 0.6) is 0 Å². The highest BCUT2D eigenvalue weighted by molar-refractivity contribution is 7.77. The molecule has 5 heterocycles. The number of nitro groups is 1. The SMILES string of the molecule is CN(S)CC1CCn2cc(c3ccccc32)C2=C(C(=O)N(Cc3cnc([N+](=O)[O-])n3C)C2=O)c2cn(c3ccccc23)CCO1. The van der Waals surface area contributed by atoms with E-state index < -0.39 is 16.7 Å². The fourth-order valence-electron chi connectivity index (χ4n) is 6.52. The molecule has 2 aliphatic heterocycles. The van der Waals surface area contributed by atoms with Gasteiger partial charge in [0.15, 0.2) is 0 Å². The van der Waals surface area contributed by atoms with Crippen LogP contribution in [0.15, 0.2) is 67.1 Å². The number of likely N-dealkylation sites (N-methyl/N-ethyl adjacent to an activating group) is 1. The molecule has 2 amide bonds. The molecule has 0 aliphatic carbocycles. The second-order valence-electron chi connectivity index (χ2n) is 11.4. The summed E-state index contributed by atoms with van der Waals surface area (Å²) in [6.07, 6.45) is 5.85. The van der Waals surface area contributed by atoms with Gasteiger partial charge in [-0.05, 0) is 30.5 Å². The van der Waals surface area contributed by atoms with Gasteiger partial charge in [-0.2, -0.15) is 0 Å². The number of rotatable bonds is 5. The molecule has 7 rings (SSSR count). The summed E-state index contributed by atoms with van der Waals surface area (Å²) in [7, 11) is 3.41. The highest BCUT2D eigenvalue weighted by atomic mass is 32.1. The molecule has 230 valence electrons. The Morgan fingerprint density at radius 2 is 1.56 bits per heavy atom. The minimum atomic E-state index is -0.592. The van der Waals surface area contributed by atoms with Gasteiger partial charge in [0.25, 0.3) is 11.8 Å². The number of carbonyl (C=O) groups excluding carboxylic acids is 2. The number of aromatic nitrogens is 4. The highest BCUT2D eigenvalue weighted by Gasteiger charge is 2.42. The van der Waals surface area contributed by atoms with Crippen LogP contribution < -0.4 is 0 Å². The van der Waals surface area contributed by atoms with Crippen LogP contribution in [0, 0.1) is 10.1 Å². The number of imide groups is 1. The fraction of sp³-hybridized carbons (Fsp3) is 0.281. The lowest BCUT2D eigenvalue weighted by Crippen LogP contribution is -2.31. The number of amides is 2. The number of hydrogen-bond donors (Lipinski definition) is 1. The maximum absolute atomic E-state index is 14.5. The molecule has 45 heavy (non-hydrogen) atoms. The first-order valence-corrected chi connectivity index (χ1v) is 15.1. The summed E-state index contributed by atoms with van der Waals surface area (Å²) < 4.78 is 13.7. The van der Waals surface area contributed by atoms with E-state index in [0.29, 0.717) is 60.6 Å². The van der Waals surface area contributed by atoms with Gasteiger partial charge < -0.3 is 24.0 Å². The zero-order valence-electron chi connectivity index (χ0n) is 24.8. The van der Waals surface area contributed by atoms with Gasteiger partial charge >= 0.3 is 5.95 Å². The molecule has 2 aromatic carbocycles. The number of fused-ring (bicyclic) bond motifs is 12. The van der Waals surface area contributed by atoms with Crippen molar-refractivity contribution in [2.45, 2.75) is 32.2 Å². The Morgan fingerprint density at radius 1 is 0.978 bits per heavy atom. The zero-order valence-corrected chi connectivity index (χ0v) is 25.7. The maximum atomic E-state index is 14.5. The van der Waals surface area contributed by atoms with Crippen LogP contribution in [-0.2, 0) is 41.0 Å². The molecule has 3 aromatic heterocycles. The number of benzene rings is 2. The van der Waals surface area contributed by atoms with Crippen LogP contribution in [0.2, 0.25) is 0 Å². The lowest BCUT2D eigenvalue weighted by atomic mass is 9.95. The average molecular weight is 626 g/mol. The summed E-state index contributed by atoms with van der Waals surface area (Å²) in [5.41, 5.74) is 4.17. The Hall–Kier alpha value is -4.72. The average Bonchev–Trinajstić information content (AvgIpc) is 3.74. The van der Waals surface area contributed by atoms with Gasteiger partial charge in [0, 0.05) is 65.0 Å². The number of carbonyl (C=O) groups is 2. The van der Waals surface area contributed by atoms with Crippen molar-refractivity contribution in [1.29, 1.82) is 0 Å². The second kappa shape index (κ2) is 11.3. The van der Waals surface area contributed by atoms with Crippen molar-refractivity contribution in [2.75, 3.05) is 20.2 Å². The van der Waals surface area contributed by atoms with Crippen LogP contribution in [0.1, 0.15) is 23.2 Å². The van der Waals surface area contributed by atoms with Crippen LogP contribution in [0.4, 0.5) is 5.95 Å². The molecule has 1 unspecified atom stereocenters. The normalized spacial score (nSPS) is 17.5. The van der Waals surface area contributed by atoms with Gasteiger partial charge in [0.1, 0.15) is 11.9 Å². The highest BCUT2D eigenvalue weighted by Crippen LogP contribution is 2.42. The Labute approximate surface area is 263 Å². The summed E-state index contributed by atoms with van der Waals surface area (Å²) in [5.74, 6) is -1.28. The Balaban J connectivity index is 1.44. The molecule has 0 radical (unpaired) electrons. The quantitative estimate of drug-likeness (QED) is 0.134. The van der Waals surface area contributed by atoms with E-state index in [-0.39, 0.29) is 18.6 Å². The van der Waals surface area contributed by atoms with Gasteiger partial charge in [-0.25, -0.2) is 4.57 Å². The smallest absolute Gasteiger partial charge is 0.390 e. The largest absolute Gasteiger partial charge is 0.434 e. The fourth-order valence-corrected chi connectivity index (χ4v) is 6.70. The molecule has 1 atom stereocenters.